The molecule has 0 amide bonds. The van der Waals surface area contributed by atoms with Crippen LogP contribution in [-0.2, 0) is 45.3 Å². The predicted octanol–water partition coefficient (Wildman–Crippen LogP) is -0.120. The molecular weight excluding hydrogens is 197 g/mol. The van der Waals surface area contributed by atoms with Gasteiger partial charge in [0.2, 0.25) is 0 Å². The van der Waals surface area contributed by atoms with Crippen LogP contribution in [-0.4, -0.2) is 18.3 Å². The van der Waals surface area contributed by atoms with Crippen molar-refractivity contribution in [1.29, 1.82) is 0 Å². The number of nitrogens with one attached hydrogen (secondary N) is 1. The zero-order valence-electron chi connectivity index (χ0n) is 4.55. The van der Waals surface area contributed by atoms with Gasteiger partial charge in [-0.15, -0.1) is 0 Å². The molecule has 0 atom stereocenters. The molecule has 0 aromatic heterocycles. The van der Waals surface area contributed by atoms with Crippen LogP contribution in [0.2, 0.25) is 0 Å². The van der Waals surface area contributed by atoms with E-state index in [9.17, 15) is 0 Å². The third-order valence-electron chi connectivity index (χ3n) is 0.867. The van der Waals surface area contributed by atoms with E-state index in [4.69, 9.17) is 12.6 Å². The monoisotopic (exact) mass is 204 g/mol. The minimum absolute atomic E-state index is 0. The summed E-state index contributed by atoms with van der Waals surface area (Å²) in [5, 5.41) is 3.62. The van der Waals surface area contributed by atoms with Crippen LogP contribution in [0.1, 0.15) is 6.42 Å². The van der Waals surface area contributed by atoms with Crippen molar-refractivity contribution in [3.8, 4) is 0 Å². The van der Waals surface area contributed by atoms with E-state index in [2.05, 4.69) is 10.3 Å². The van der Waals surface area contributed by atoms with Gasteiger partial charge in [0, 0.05) is 45.8 Å². The first-order chi connectivity index (χ1) is 3.39. The molecule has 4 heteroatoms. The van der Waals surface area contributed by atoms with E-state index in [0.29, 0.717) is 5.17 Å². The number of hydrogen-bond acceptors (Lipinski definition) is 3. The first-order valence-corrected chi connectivity index (χ1v) is 2.76. The van der Waals surface area contributed by atoms with Crippen molar-refractivity contribution in [3.63, 3.8) is 0 Å². The molecule has 0 aromatic carbocycles. The fraction of sp³-hybridized carbons (Fsp3) is 0.750. The van der Waals surface area contributed by atoms with Crippen molar-refractivity contribution in [2.75, 3.05) is 13.1 Å². The smallest absolute Gasteiger partial charge is 0.0404 e. The Kier molecular flexibility index (Phi) is 5.11. The summed E-state index contributed by atoms with van der Waals surface area (Å²) < 4.78 is 0. The summed E-state index contributed by atoms with van der Waals surface area (Å²) >= 11 is 4.73. The Morgan fingerprint density at radius 1 is 1.62 bits per heavy atom. The Balaban J connectivity index is 0.000000490. The van der Waals surface area contributed by atoms with Crippen LogP contribution < -0.4 is 5.32 Å². The zero-order chi connectivity index (χ0) is 5.11. The number of nitrogens with zero attached hydrogens (tertiary/aromatic N) is 1. The van der Waals surface area contributed by atoms with E-state index in [1.807, 2.05) is 0 Å². The Morgan fingerprint density at radius 2 is 2.38 bits per heavy atom. The van der Waals surface area contributed by atoms with E-state index in [0.717, 1.165) is 19.5 Å². The third-order valence-corrected chi connectivity index (χ3v) is 1.14. The molecule has 0 saturated heterocycles. The van der Waals surface area contributed by atoms with E-state index in [1.54, 1.807) is 0 Å². The second-order valence-electron chi connectivity index (χ2n) is 1.47. The second kappa shape index (κ2) is 4.65. The maximum absolute atomic E-state index is 4.73. The van der Waals surface area contributed by atoms with Crippen molar-refractivity contribution in [2.45, 2.75) is 6.42 Å². The molecule has 1 aliphatic rings. The fourth-order valence-corrected chi connectivity index (χ4v) is 0.704. The average Bonchev–Trinajstić information content (AvgIpc) is 1.69. The molecule has 1 aliphatic heterocycles. The fourth-order valence-electron chi connectivity index (χ4n) is 0.511. The summed E-state index contributed by atoms with van der Waals surface area (Å²) in [4.78, 5) is 3.95. The van der Waals surface area contributed by atoms with Gasteiger partial charge in [0.15, 0.2) is 0 Å². The SMILES string of the molecule is [S-]C1=NCCCN1.[Y]. The van der Waals surface area contributed by atoms with E-state index >= 15 is 0 Å². The van der Waals surface area contributed by atoms with E-state index in [-0.39, 0.29) is 32.7 Å². The molecule has 0 fully saturated rings. The molecule has 8 heavy (non-hydrogen) atoms. The first-order valence-electron chi connectivity index (χ1n) is 2.35. The van der Waals surface area contributed by atoms with Crippen LogP contribution in [0.15, 0.2) is 4.99 Å². The van der Waals surface area contributed by atoms with Crippen LogP contribution in [0.4, 0.5) is 0 Å². The van der Waals surface area contributed by atoms with E-state index < -0.39 is 0 Å². The summed E-state index contributed by atoms with van der Waals surface area (Å²) in [7, 11) is 0. The summed E-state index contributed by atoms with van der Waals surface area (Å²) in [6, 6.07) is 0. The Hall–Kier alpha value is 0.794. The standard InChI is InChI=1S/C4H8N2S.Y/c7-4-5-2-1-3-6-4;/h1-3H2,(H2,5,6,7);/p-1. The number of aliphatic imine (C=N–C) groups is 1. The summed E-state index contributed by atoms with van der Waals surface area (Å²) in [5.41, 5.74) is 0. The summed E-state index contributed by atoms with van der Waals surface area (Å²) in [6.45, 7) is 1.91. The maximum Gasteiger partial charge on any atom is 0.0404 e. The van der Waals surface area contributed by atoms with Gasteiger partial charge in [-0.1, -0.05) is 0 Å². The molecule has 0 saturated carbocycles. The summed E-state index contributed by atoms with van der Waals surface area (Å²) in [6.07, 6.45) is 1.13. The molecule has 0 aliphatic carbocycles. The van der Waals surface area contributed by atoms with Crippen molar-refractivity contribution in [3.05, 3.63) is 0 Å². The first kappa shape index (κ1) is 8.79. The van der Waals surface area contributed by atoms with Gasteiger partial charge in [-0.25, -0.2) is 0 Å². The average molecular weight is 204 g/mol. The molecular formula is C4H7N2SY-. The largest absolute Gasteiger partial charge is 0.743 e. The minimum atomic E-state index is 0. The molecule has 2 nitrogen and oxygen atoms in total. The van der Waals surface area contributed by atoms with Gasteiger partial charge in [0.25, 0.3) is 0 Å². The number of amidine groups is 1. The second-order valence-corrected chi connectivity index (χ2v) is 1.85. The van der Waals surface area contributed by atoms with Crippen molar-refractivity contribution in [2.24, 2.45) is 4.99 Å². The van der Waals surface area contributed by atoms with Crippen molar-refractivity contribution < 1.29 is 32.7 Å². The topological polar surface area (TPSA) is 24.4 Å². The Bertz CT molecular complexity index is 94.0. The summed E-state index contributed by atoms with van der Waals surface area (Å²) in [5.74, 6) is 0. The van der Waals surface area contributed by atoms with Gasteiger partial charge < -0.3 is 17.9 Å². The van der Waals surface area contributed by atoms with Crippen molar-refractivity contribution in [1.82, 2.24) is 5.32 Å². The molecule has 1 rings (SSSR count). The molecule has 0 spiro atoms. The van der Waals surface area contributed by atoms with Crippen molar-refractivity contribution >= 4 is 17.8 Å². The van der Waals surface area contributed by atoms with Crippen LogP contribution in [0.3, 0.4) is 0 Å². The molecule has 0 unspecified atom stereocenters. The third kappa shape index (κ3) is 2.95. The molecule has 0 bridgehead atoms. The molecule has 1 N–H and O–H groups in total. The Labute approximate surface area is 79.8 Å². The normalized spacial score (nSPS) is 17.8. The van der Waals surface area contributed by atoms with Gasteiger partial charge in [0.1, 0.15) is 0 Å². The quantitative estimate of drug-likeness (QED) is 0.556. The van der Waals surface area contributed by atoms with Gasteiger partial charge in [0.05, 0.1) is 0 Å². The van der Waals surface area contributed by atoms with Gasteiger partial charge >= 0.3 is 0 Å². The maximum atomic E-state index is 4.73. The number of hydrogen-bond donors (Lipinski definition) is 1. The van der Waals surface area contributed by atoms with Crippen LogP contribution in [0.5, 0.6) is 0 Å². The predicted molar refractivity (Wildman–Crippen MR) is 32.3 cm³/mol. The van der Waals surface area contributed by atoms with Crippen LogP contribution >= 0.6 is 0 Å². The van der Waals surface area contributed by atoms with Gasteiger partial charge in [-0.3, -0.25) is 4.99 Å². The molecule has 0 aromatic rings. The van der Waals surface area contributed by atoms with E-state index in [1.165, 1.54) is 0 Å². The number of rotatable bonds is 0. The molecule has 1 radical (unpaired) electrons. The Morgan fingerprint density at radius 3 is 2.62 bits per heavy atom. The molecule has 43 valence electrons. The van der Waals surface area contributed by atoms with Crippen LogP contribution in [0.25, 0.3) is 0 Å². The van der Waals surface area contributed by atoms with Crippen LogP contribution in [0, 0.1) is 0 Å². The van der Waals surface area contributed by atoms with Gasteiger partial charge in [-0.05, 0) is 11.6 Å². The molecule has 1 heterocycles. The minimum Gasteiger partial charge on any atom is -0.743 e. The zero-order valence-corrected chi connectivity index (χ0v) is 8.21. The van der Waals surface area contributed by atoms with Gasteiger partial charge in [-0.2, -0.15) is 0 Å².